The van der Waals surface area contributed by atoms with Gasteiger partial charge in [-0.2, -0.15) is 0 Å². The van der Waals surface area contributed by atoms with Crippen molar-refractivity contribution in [2.45, 2.75) is 47.5 Å². The van der Waals surface area contributed by atoms with Crippen LogP contribution in [0.4, 0.5) is 0 Å². The Balaban J connectivity index is 3.16. The molecule has 0 aliphatic heterocycles. The number of ether oxygens (including phenoxy) is 3. The average molecular weight is 317 g/mol. The number of carbonyl (C=O) groups is 1. The van der Waals surface area contributed by atoms with E-state index in [2.05, 4.69) is 19.2 Å². The van der Waals surface area contributed by atoms with Crippen LogP contribution in [0.15, 0.2) is 0 Å². The Morgan fingerprint density at radius 3 is 1.91 bits per heavy atom. The number of rotatable bonds is 13. The molecule has 0 aromatic heterocycles. The van der Waals surface area contributed by atoms with Crippen molar-refractivity contribution in [3.05, 3.63) is 0 Å². The molecule has 22 heavy (non-hydrogen) atoms. The van der Waals surface area contributed by atoms with Crippen molar-refractivity contribution in [3.63, 3.8) is 0 Å². The minimum atomic E-state index is -0.349. The number of amides is 1. The molecule has 0 atom stereocenters. The van der Waals surface area contributed by atoms with Crippen LogP contribution in [0, 0.1) is 11.3 Å². The fourth-order valence-electron chi connectivity index (χ4n) is 1.64. The molecule has 132 valence electrons. The van der Waals surface area contributed by atoms with Gasteiger partial charge >= 0.3 is 0 Å². The monoisotopic (exact) mass is 317 g/mol. The Labute approximate surface area is 136 Å². The van der Waals surface area contributed by atoms with E-state index in [1.165, 1.54) is 6.42 Å². The lowest BCUT2D eigenvalue weighted by Gasteiger charge is -2.17. The first-order valence-corrected chi connectivity index (χ1v) is 8.35. The molecule has 0 heterocycles. The second kappa shape index (κ2) is 12.9. The Kier molecular flexibility index (Phi) is 12.5. The van der Waals surface area contributed by atoms with E-state index < -0.39 is 0 Å². The zero-order chi connectivity index (χ0) is 16.8. The molecule has 0 aliphatic carbocycles. The first kappa shape index (κ1) is 21.4. The van der Waals surface area contributed by atoms with Crippen molar-refractivity contribution in [2.24, 2.45) is 11.3 Å². The average Bonchev–Trinajstić information content (AvgIpc) is 2.42. The highest BCUT2D eigenvalue weighted by Crippen LogP contribution is 2.11. The zero-order valence-corrected chi connectivity index (χ0v) is 15.1. The van der Waals surface area contributed by atoms with E-state index in [-0.39, 0.29) is 11.3 Å². The highest BCUT2D eigenvalue weighted by molar-refractivity contribution is 5.81. The number of hydrogen-bond donors (Lipinski definition) is 1. The predicted octanol–water partition coefficient (Wildman–Crippen LogP) is 2.63. The Hall–Kier alpha value is -0.650. The van der Waals surface area contributed by atoms with Gasteiger partial charge in [0.15, 0.2) is 0 Å². The van der Waals surface area contributed by atoms with Gasteiger partial charge in [-0.3, -0.25) is 4.79 Å². The number of hydrogen-bond acceptors (Lipinski definition) is 4. The summed E-state index contributed by atoms with van der Waals surface area (Å²) in [6.45, 7) is 14.3. The molecule has 1 amide bonds. The van der Waals surface area contributed by atoms with Crippen molar-refractivity contribution in [1.82, 2.24) is 5.32 Å². The van der Waals surface area contributed by atoms with Gasteiger partial charge in [0, 0.05) is 18.6 Å². The van der Waals surface area contributed by atoms with Crippen LogP contribution in [0.25, 0.3) is 0 Å². The maximum Gasteiger partial charge on any atom is 0.225 e. The fourth-order valence-corrected chi connectivity index (χ4v) is 1.64. The van der Waals surface area contributed by atoms with E-state index in [9.17, 15) is 4.79 Å². The minimum absolute atomic E-state index is 0.0435. The van der Waals surface area contributed by atoms with E-state index >= 15 is 0 Å². The van der Waals surface area contributed by atoms with Gasteiger partial charge < -0.3 is 19.5 Å². The normalized spacial score (nSPS) is 11.9. The molecule has 5 nitrogen and oxygen atoms in total. The molecule has 0 bridgehead atoms. The van der Waals surface area contributed by atoms with Crippen LogP contribution >= 0.6 is 0 Å². The van der Waals surface area contributed by atoms with Gasteiger partial charge in [-0.05, 0) is 18.8 Å². The standard InChI is InChI=1S/C17H35NO4/c1-15(2)7-6-9-20-11-13-22-14-12-21-10-8-18-16(19)17(3,4)5/h15H,6-14H2,1-5H3,(H,18,19). The summed E-state index contributed by atoms with van der Waals surface area (Å²) < 4.78 is 16.3. The highest BCUT2D eigenvalue weighted by Gasteiger charge is 2.20. The SMILES string of the molecule is CC(C)CCCOCCOCCOCCNC(=O)C(C)(C)C. The predicted molar refractivity (Wildman–Crippen MR) is 89.0 cm³/mol. The lowest BCUT2D eigenvalue weighted by Crippen LogP contribution is -2.36. The summed E-state index contributed by atoms with van der Waals surface area (Å²) in [6.07, 6.45) is 2.32. The Bertz CT molecular complexity index is 274. The zero-order valence-electron chi connectivity index (χ0n) is 15.1. The van der Waals surface area contributed by atoms with Gasteiger partial charge in [0.2, 0.25) is 5.91 Å². The molecule has 0 aromatic carbocycles. The van der Waals surface area contributed by atoms with Crippen molar-refractivity contribution in [1.29, 1.82) is 0 Å². The van der Waals surface area contributed by atoms with Gasteiger partial charge in [0.05, 0.1) is 33.0 Å². The minimum Gasteiger partial charge on any atom is -0.379 e. The summed E-state index contributed by atoms with van der Waals surface area (Å²) >= 11 is 0. The molecule has 0 rings (SSSR count). The molecule has 0 unspecified atom stereocenters. The largest absolute Gasteiger partial charge is 0.379 e. The first-order chi connectivity index (χ1) is 10.3. The van der Waals surface area contributed by atoms with E-state index in [0.717, 1.165) is 18.9 Å². The summed E-state index contributed by atoms with van der Waals surface area (Å²) in [6, 6.07) is 0. The van der Waals surface area contributed by atoms with Crippen LogP contribution in [0.3, 0.4) is 0 Å². The lowest BCUT2D eigenvalue weighted by molar-refractivity contribution is -0.128. The third-order valence-electron chi connectivity index (χ3n) is 3.03. The molecule has 0 fully saturated rings. The van der Waals surface area contributed by atoms with Gasteiger partial charge in [0.1, 0.15) is 0 Å². The Morgan fingerprint density at radius 1 is 0.909 bits per heavy atom. The summed E-state index contributed by atoms with van der Waals surface area (Å²) in [5.41, 5.74) is -0.349. The fraction of sp³-hybridized carbons (Fsp3) is 0.941. The van der Waals surface area contributed by atoms with Gasteiger partial charge in [-0.1, -0.05) is 34.6 Å². The van der Waals surface area contributed by atoms with E-state index in [1.54, 1.807) is 0 Å². The molecule has 0 aliphatic rings. The van der Waals surface area contributed by atoms with E-state index in [0.29, 0.717) is 39.6 Å². The molecule has 1 N–H and O–H groups in total. The molecular weight excluding hydrogens is 282 g/mol. The van der Waals surface area contributed by atoms with Crippen molar-refractivity contribution < 1.29 is 19.0 Å². The summed E-state index contributed by atoms with van der Waals surface area (Å²) in [5.74, 6) is 0.784. The quantitative estimate of drug-likeness (QED) is 0.531. The van der Waals surface area contributed by atoms with Crippen LogP contribution < -0.4 is 5.32 Å². The molecule has 0 aromatic rings. The summed E-state index contributed by atoms with van der Waals surface area (Å²) in [7, 11) is 0. The van der Waals surface area contributed by atoms with E-state index in [4.69, 9.17) is 14.2 Å². The van der Waals surface area contributed by atoms with Gasteiger partial charge in [0.25, 0.3) is 0 Å². The maximum absolute atomic E-state index is 11.6. The number of nitrogens with one attached hydrogen (secondary N) is 1. The van der Waals surface area contributed by atoms with Crippen LogP contribution in [0.5, 0.6) is 0 Å². The van der Waals surface area contributed by atoms with Crippen molar-refractivity contribution >= 4 is 5.91 Å². The van der Waals surface area contributed by atoms with Crippen LogP contribution in [0.2, 0.25) is 0 Å². The third-order valence-corrected chi connectivity index (χ3v) is 3.03. The molecule has 0 spiro atoms. The second-order valence-corrected chi connectivity index (χ2v) is 6.88. The van der Waals surface area contributed by atoms with Gasteiger partial charge in [-0.15, -0.1) is 0 Å². The van der Waals surface area contributed by atoms with Gasteiger partial charge in [-0.25, -0.2) is 0 Å². The smallest absolute Gasteiger partial charge is 0.225 e. The van der Waals surface area contributed by atoms with E-state index in [1.807, 2.05) is 20.8 Å². The molecule has 5 heteroatoms. The maximum atomic E-state index is 11.6. The van der Waals surface area contributed by atoms with Crippen molar-refractivity contribution in [3.8, 4) is 0 Å². The highest BCUT2D eigenvalue weighted by atomic mass is 16.5. The first-order valence-electron chi connectivity index (χ1n) is 8.35. The molecule has 0 radical (unpaired) electrons. The molecular formula is C17H35NO4. The summed E-state index contributed by atoms with van der Waals surface area (Å²) in [5, 5.41) is 2.84. The van der Waals surface area contributed by atoms with Crippen molar-refractivity contribution in [2.75, 3.05) is 46.2 Å². The molecule has 0 saturated carbocycles. The van der Waals surface area contributed by atoms with Crippen LogP contribution in [-0.2, 0) is 19.0 Å². The van der Waals surface area contributed by atoms with Crippen LogP contribution in [0.1, 0.15) is 47.5 Å². The molecule has 0 saturated heterocycles. The second-order valence-electron chi connectivity index (χ2n) is 6.88. The number of carbonyl (C=O) groups excluding carboxylic acids is 1. The van der Waals surface area contributed by atoms with Crippen LogP contribution in [-0.4, -0.2) is 52.1 Å². The summed E-state index contributed by atoms with van der Waals surface area (Å²) in [4.78, 5) is 11.6. The Morgan fingerprint density at radius 2 is 1.41 bits per heavy atom. The third kappa shape index (κ3) is 14.3. The lowest BCUT2D eigenvalue weighted by atomic mass is 9.96. The topological polar surface area (TPSA) is 56.8 Å².